The standard InChI is InChI=1S/C17H17FN2O3S/c1-12(21)20-11-10-15(13-6-2-4-8-16(13)20)19-24(22,23)17-9-5-3-7-14(17)18/h2-9,15,19H,10-11H2,1H3. The van der Waals surface area contributed by atoms with Gasteiger partial charge in [0.2, 0.25) is 15.9 Å². The van der Waals surface area contributed by atoms with Crippen LogP contribution in [-0.4, -0.2) is 20.9 Å². The van der Waals surface area contributed by atoms with Gasteiger partial charge < -0.3 is 4.90 Å². The number of sulfonamides is 1. The molecule has 0 radical (unpaired) electrons. The third kappa shape index (κ3) is 3.05. The van der Waals surface area contributed by atoms with Gasteiger partial charge in [-0.1, -0.05) is 30.3 Å². The van der Waals surface area contributed by atoms with Gasteiger partial charge in [-0.25, -0.2) is 17.5 Å². The smallest absolute Gasteiger partial charge is 0.244 e. The molecule has 0 aliphatic carbocycles. The fourth-order valence-corrected chi connectivity index (χ4v) is 4.25. The van der Waals surface area contributed by atoms with E-state index < -0.39 is 21.9 Å². The average Bonchev–Trinajstić information content (AvgIpc) is 2.55. The maximum absolute atomic E-state index is 13.8. The second kappa shape index (κ2) is 6.33. The third-order valence-electron chi connectivity index (χ3n) is 4.05. The molecule has 1 heterocycles. The van der Waals surface area contributed by atoms with Crippen molar-refractivity contribution < 1.29 is 17.6 Å². The minimum atomic E-state index is -4.00. The van der Waals surface area contributed by atoms with Crippen molar-refractivity contribution >= 4 is 21.6 Å². The van der Waals surface area contributed by atoms with E-state index >= 15 is 0 Å². The van der Waals surface area contributed by atoms with Gasteiger partial charge in [-0.2, -0.15) is 0 Å². The average molecular weight is 348 g/mol. The van der Waals surface area contributed by atoms with Gasteiger partial charge in [0.05, 0.1) is 6.04 Å². The number of hydrogen-bond donors (Lipinski definition) is 1. The van der Waals surface area contributed by atoms with Crippen LogP contribution >= 0.6 is 0 Å². The monoisotopic (exact) mass is 348 g/mol. The molecule has 0 saturated heterocycles. The number of nitrogens with one attached hydrogen (secondary N) is 1. The molecule has 1 N–H and O–H groups in total. The van der Waals surface area contributed by atoms with Gasteiger partial charge in [-0.05, 0) is 30.2 Å². The predicted molar refractivity (Wildman–Crippen MR) is 88.5 cm³/mol. The molecule has 0 spiro atoms. The van der Waals surface area contributed by atoms with E-state index in [1.165, 1.54) is 25.1 Å². The van der Waals surface area contributed by atoms with Crippen molar-refractivity contribution in [3.05, 3.63) is 59.9 Å². The Hall–Kier alpha value is -2.25. The van der Waals surface area contributed by atoms with Gasteiger partial charge in [-0.15, -0.1) is 0 Å². The SMILES string of the molecule is CC(=O)N1CCC(NS(=O)(=O)c2ccccc2F)c2ccccc21. The quantitative estimate of drug-likeness (QED) is 0.927. The van der Waals surface area contributed by atoms with E-state index in [1.54, 1.807) is 29.2 Å². The number of halogens is 1. The zero-order valence-corrected chi connectivity index (χ0v) is 13.9. The van der Waals surface area contributed by atoms with Crippen LogP contribution in [0.5, 0.6) is 0 Å². The van der Waals surface area contributed by atoms with Crippen molar-refractivity contribution in [2.75, 3.05) is 11.4 Å². The summed E-state index contributed by atoms with van der Waals surface area (Å²) in [6.45, 7) is 1.87. The van der Waals surface area contributed by atoms with E-state index in [1.807, 2.05) is 0 Å². The lowest BCUT2D eigenvalue weighted by atomic mass is 9.97. The van der Waals surface area contributed by atoms with Crippen molar-refractivity contribution in [1.82, 2.24) is 4.72 Å². The molecule has 24 heavy (non-hydrogen) atoms. The summed E-state index contributed by atoms with van der Waals surface area (Å²) in [5.74, 6) is -0.891. The molecule has 0 bridgehead atoms. The number of hydrogen-bond acceptors (Lipinski definition) is 3. The number of benzene rings is 2. The molecule has 3 rings (SSSR count). The molecule has 5 nitrogen and oxygen atoms in total. The minimum absolute atomic E-state index is 0.0992. The molecule has 1 unspecified atom stereocenters. The first-order chi connectivity index (χ1) is 11.4. The van der Waals surface area contributed by atoms with Gasteiger partial charge in [0, 0.05) is 19.2 Å². The highest BCUT2D eigenvalue weighted by molar-refractivity contribution is 7.89. The summed E-state index contributed by atoms with van der Waals surface area (Å²) in [7, 11) is -4.00. The first-order valence-corrected chi connectivity index (χ1v) is 9.02. The van der Waals surface area contributed by atoms with Crippen LogP contribution < -0.4 is 9.62 Å². The topological polar surface area (TPSA) is 66.5 Å². The normalized spacial score (nSPS) is 17.4. The van der Waals surface area contributed by atoms with Crippen molar-refractivity contribution in [3.8, 4) is 0 Å². The van der Waals surface area contributed by atoms with Gasteiger partial charge in [0.1, 0.15) is 10.7 Å². The van der Waals surface area contributed by atoms with Crippen LogP contribution in [0.15, 0.2) is 53.4 Å². The molecule has 1 aliphatic heterocycles. The van der Waals surface area contributed by atoms with Crippen LogP contribution in [0.3, 0.4) is 0 Å². The summed E-state index contributed by atoms with van der Waals surface area (Å²) in [6.07, 6.45) is 0.421. The number of fused-ring (bicyclic) bond motifs is 1. The number of carbonyl (C=O) groups excluding carboxylic acids is 1. The van der Waals surface area contributed by atoms with E-state index in [4.69, 9.17) is 0 Å². The highest BCUT2D eigenvalue weighted by atomic mass is 32.2. The summed E-state index contributed by atoms with van der Waals surface area (Å²) < 4.78 is 41.4. The zero-order valence-electron chi connectivity index (χ0n) is 13.1. The molecular weight excluding hydrogens is 331 g/mol. The Morgan fingerprint density at radius 2 is 1.83 bits per heavy atom. The maximum Gasteiger partial charge on any atom is 0.244 e. The number of para-hydroxylation sites is 1. The summed E-state index contributed by atoms with van der Waals surface area (Å²) >= 11 is 0. The minimum Gasteiger partial charge on any atom is -0.312 e. The predicted octanol–water partition coefficient (Wildman–Crippen LogP) is 2.60. The van der Waals surface area contributed by atoms with Crippen molar-refractivity contribution in [2.24, 2.45) is 0 Å². The Labute approximate surface area is 140 Å². The van der Waals surface area contributed by atoms with Crippen LogP contribution in [-0.2, 0) is 14.8 Å². The molecule has 1 aliphatic rings. The van der Waals surface area contributed by atoms with E-state index in [0.29, 0.717) is 24.2 Å². The second-order valence-corrected chi connectivity index (χ2v) is 7.30. The third-order valence-corrected chi connectivity index (χ3v) is 5.55. The molecular formula is C17H17FN2O3S. The molecule has 2 aromatic carbocycles. The van der Waals surface area contributed by atoms with Crippen LogP contribution in [0.1, 0.15) is 24.9 Å². The zero-order chi connectivity index (χ0) is 17.3. The Bertz CT molecular complexity index is 883. The van der Waals surface area contributed by atoms with E-state index in [2.05, 4.69) is 4.72 Å². The number of carbonyl (C=O) groups is 1. The van der Waals surface area contributed by atoms with E-state index in [-0.39, 0.29) is 10.8 Å². The van der Waals surface area contributed by atoms with Crippen LogP contribution in [0.4, 0.5) is 10.1 Å². The Balaban J connectivity index is 1.95. The lowest BCUT2D eigenvalue weighted by Crippen LogP contribution is -2.40. The van der Waals surface area contributed by atoms with Crippen LogP contribution in [0.2, 0.25) is 0 Å². The lowest BCUT2D eigenvalue weighted by molar-refractivity contribution is -0.116. The second-order valence-electron chi connectivity index (χ2n) is 5.62. The fraction of sp³-hybridized carbons (Fsp3) is 0.235. The molecule has 0 aromatic heterocycles. The van der Waals surface area contributed by atoms with Crippen molar-refractivity contribution in [2.45, 2.75) is 24.3 Å². The van der Waals surface area contributed by atoms with Gasteiger partial charge in [0.15, 0.2) is 0 Å². The van der Waals surface area contributed by atoms with Crippen molar-refractivity contribution in [3.63, 3.8) is 0 Å². The maximum atomic E-state index is 13.8. The highest BCUT2D eigenvalue weighted by Crippen LogP contribution is 2.34. The summed E-state index contributed by atoms with van der Waals surface area (Å²) in [5.41, 5.74) is 1.39. The molecule has 1 atom stereocenters. The fourth-order valence-electron chi connectivity index (χ4n) is 2.93. The van der Waals surface area contributed by atoms with Gasteiger partial charge in [-0.3, -0.25) is 4.79 Å². The molecule has 0 saturated carbocycles. The number of amides is 1. The largest absolute Gasteiger partial charge is 0.312 e. The summed E-state index contributed by atoms with van der Waals surface area (Å²) in [4.78, 5) is 13.0. The molecule has 1 amide bonds. The highest BCUT2D eigenvalue weighted by Gasteiger charge is 2.31. The van der Waals surface area contributed by atoms with Gasteiger partial charge >= 0.3 is 0 Å². The van der Waals surface area contributed by atoms with E-state index in [9.17, 15) is 17.6 Å². The lowest BCUT2D eigenvalue weighted by Gasteiger charge is -2.34. The molecule has 7 heteroatoms. The van der Waals surface area contributed by atoms with Gasteiger partial charge in [0.25, 0.3) is 0 Å². The number of rotatable bonds is 3. The number of nitrogens with zero attached hydrogens (tertiary/aromatic N) is 1. The molecule has 126 valence electrons. The van der Waals surface area contributed by atoms with Crippen molar-refractivity contribution in [1.29, 1.82) is 0 Å². The Morgan fingerprint density at radius 3 is 2.54 bits per heavy atom. The Kier molecular flexibility index (Phi) is 4.38. The molecule has 0 fully saturated rings. The van der Waals surface area contributed by atoms with E-state index in [0.717, 1.165) is 6.07 Å². The van der Waals surface area contributed by atoms with Crippen LogP contribution in [0, 0.1) is 5.82 Å². The van der Waals surface area contributed by atoms with Crippen LogP contribution in [0.25, 0.3) is 0 Å². The summed E-state index contributed by atoms with van der Waals surface area (Å²) in [6, 6.07) is 11.9. The number of anilines is 1. The first-order valence-electron chi connectivity index (χ1n) is 7.54. The Morgan fingerprint density at radius 1 is 1.17 bits per heavy atom. The first kappa shape index (κ1) is 16.6. The summed E-state index contributed by atoms with van der Waals surface area (Å²) in [5, 5.41) is 0. The molecule has 2 aromatic rings.